The van der Waals surface area contributed by atoms with Crippen LogP contribution in [0, 0.1) is 13.8 Å². The first kappa shape index (κ1) is 24.1. The van der Waals surface area contributed by atoms with E-state index in [9.17, 15) is 18.0 Å². The van der Waals surface area contributed by atoms with Gasteiger partial charge in [0.05, 0.1) is 36.0 Å². The average molecular weight is 470 g/mol. The summed E-state index contributed by atoms with van der Waals surface area (Å²) in [6.45, 7) is 5.42. The molecule has 0 saturated carbocycles. The van der Waals surface area contributed by atoms with Crippen molar-refractivity contribution >= 4 is 33.2 Å². The highest BCUT2D eigenvalue weighted by Gasteiger charge is 2.30. The van der Waals surface area contributed by atoms with Gasteiger partial charge in [0.2, 0.25) is 15.9 Å². The van der Waals surface area contributed by atoms with Crippen LogP contribution in [-0.2, 0) is 21.4 Å². The van der Waals surface area contributed by atoms with Gasteiger partial charge in [0.25, 0.3) is 5.91 Å². The minimum atomic E-state index is -3.77. The molecule has 2 amide bonds. The van der Waals surface area contributed by atoms with Gasteiger partial charge in [0.15, 0.2) is 0 Å². The molecule has 9 heteroatoms. The van der Waals surface area contributed by atoms with Gasteiger partial charge in [-0.2, -0.15) is 0 Å². The first-order valence-corrected chi connectivity index (χ1v) is 12.2. The van der Waals surface area contributed by atoms with Crippen LogP contribution in [0.5, 0.6) is 0 Å². The summed E-state index contributed by atoms with van der Waals surface area (Å²) in [5.74, 6) is -0.370. The lowest BCUT2D eigenvalue weighted by Crippen LogP contribution is -2.45. The van der Waals surface area contributed by atoms with E-state index in [0.717, 1.165) is 21.7 Å². The molecule has 0 bridgehead atoms. The number of carbonyl (C=O) groups is 2. The van der Waals surface area contributed by atoms with Crippen molar-refractivity contribution in [2.45, 2.75) is 33.4 Å². The van der Waals surface area contributed by atoms with Crippen molar-refractivity contribution in [3.8, 4) is 0 Å². The summed E-state index contributed by atoms with van der Waals surface area (Å²) in [6, 6.07) is 14.3. The predicted octanol–water partition coefficient (Wildman–Crippen LogP) is 3.62. The fourth-order valence-corrected chi connectivity index (χ4v) is 4.75. The van der Waals surface area contributed by atoms with Crippen LogP contribution < -0.4 is 14.9 Å². The summed E-state index contributed by atoms with van der Waals surface area (Å²) in [7, 11) is -3.77. The van der Waals surface area contributed by atoms with Gasteiger partial charge in [-0.25, -0.2) is 8.42 Å². The maximum Gasteiger partial charge on any atom is 0.253 e. The van der Waals surface area contributed by atoms with Crippen molar-refractivity contribution < 1.29 is 22.4 Å². The van der Waals surface area contributed by atoms with Gasteiger partial charge in [-0.3, -0.25) is 13.9 Å². The zero-order valence-electron chi connectivity index (χ0n) is 19.0. The van der Waals surface area contributed by atoms with Gasteiger partial charge in [0, 0.05) is 0 Å². The number of rotatable bonds is 8. The monoisotopic (exact) mass is 469 g/mol. The maximum absolute atomic E-state index is 13.1. The lowest BCUT2D eigenvalue weighted by atomic mass is 10.1. The molecule has 0 spiro atoms. The van der Waals surface area contributed by atoms with E-state index in [1.807, 2.05) is 19.9 Å². The quantitative estimate of drug-likeness (QED) is 0.524. The second kappa shape index (κ2) is 9.91. The maximum atomic E-state index is 13.1. The minimum absolute atomic E-state index is 0.194. The number of furan rings is 1. The van der Waals surface area contributed by atoms with Crippen LogP contribution >= 0.6 is 0 Å². The molecule has 8 nitrogen and oxygen atoms in total. The number of nitrogens with zero attached hydrogens (tertiary/aromatic N) is 1. The number of para-hydroxylation sites is 1. The number of hydrogen-bond acceptors (Lipinski definition) is 5. The first-order chi connectivity index (χ1) is 15.6. The van der Waals surface area contributed by atoms with Crippen LogP contribution in [0.15, 0.2) is 65.3 Å². The Kier molecular flexibility index (Phi) is 7.23. The Bertz CT molecular complexity index is 1230. The number of carbonyl (C=O) groups excluding carboxylic acids is 2. The van der Waals surface area contributed by atoms with E-state index in [1.54, 1.807) is 48.5 Å². The molecule has 0 fully saturated rings. The topological polar surface area (TPSA) is 109 Å². The Morgan fingerprint density at radius 2 is 1.70 bits per heavy atom. The Hall–Kier alpha value is -3.59. The lowest BCUT2D eigenvalue weighted by molar-refractivity contribution is -0.116. The van der Waals surface area contributed by atoms with Crippen molar-refractivity contribution in [3.63, 3.8) is 0 Å². The molecule has 0 unspecified atom stereocenters. The Morgan fingerprint density at radius 3 is 2.30 bits per heavy atom. The third-order valence-corrected chi connectivity index (χ3v) is 6.22. The third kappa shape index (κ3) is 6.01. The largest absolute Gasteiger partial charge is 0.467 e. The number of aryl methyl sites for hydroxylation is 2. The van der Waals surface area contributed by atoms with E-state index in [4.69, 9.17) is 4.42 Å². The molecule has 174 valence electrons. The SMILES string of the molecule is Cc1cc(C)cc(N([C@@H](C)C(=O)Nc2ccccc2C(=O)NCc2ccco2)S(C)(=O)=O)c1. The van der Waals surface area contributed by atoms with Gasteiger partial charge in [0.1, 0.15) is 11.8 Å². The minimum Gasteiger partial charge on any atom is -0.467 e. The Morgan fingerprint density at radius 1 is 1.03 bits per heavy atom. The standard InChI is InChI=1S/C24H27N3O5S/c1-16-12-17(2)14-19(13-16)27(33(4,30)31)18(3)23(28)26-22-10-6-5-9-21(22)24(29)25-15-20-8-7-11-32-20/h5-14,18H,15H2,1-4H3,(H,25,29)(H,26,28)/t18-/m0/s1. The molecule has 2 N–H and O–H groups in total. The smallest absolute Gasteiger partial charge is 0.253 e. The molecule has 1 atom stereocenters. The van der Waals surface area contributed by atoms with Crippen molar-refractivity contribution in [3.05, 3.63) is 83.3 Å². The third-order valence-electron chi connectivity index (χ3n) is 4.98. The molecule has 1 aromatic heterocycles. The van der Waals surface area contributed by atoms with Crippen LogP contribution in [0.2, 0.25) is 0 Å². The van der Waals surface area contributed by atoms with Crippen LogP contribution in [0.4, 0.5) is 11.4 Å². The number of hydrogen-bond donors (Lipinski definition) is 2. The molecule has 33 heavy (non-hydrogen) atoms. The van der Waals surface area contributed by atoms with Crippen molar-refractivity contribution in [2.75, 3.05) is 15.9 Å². The molecule has 0 aliphatic carbocycles. The van der Waals surface area contributed by atoms with Crippen LogP contribution in [0.3, 0.4) is 0 Å². The number of sulfonamides is 1. The predicted molar refractivity (Wildman–Crippen MR) is 128 cm³/mol. The fourth-order valence-electron chi connectivity index (χ4n) is 3.59. The van der Waals surface area contributed by atoms with Gasteiger partial charge in [-0.15, -0.1) is 0 Å². The second-order valence-corrected chi connectivity index (χ2v) is 9.74. The summed E-state index contributed by atoms with van der Waals surface area (Å²) in [4.78, 5) is 25.8. The van der Waals surface area contributed by atoms with Crippen molar-refractivity contribution in [1.29, 1.82) is 0 Å². The highest BCUT2D eigenvalue weighted by Crippen LogP contribution is 2.25. The molecule has 3 rings (SSSR count). The molecule has 2 aromatic carbocycles. The number of amides is 2. The summed E-state index contributed by atoms with van der Waals surface area (Å²) < 4.78 is 31.5. The number of benzene rings is 2. The molecule has 0 aliphatic rings. The van der Waals surface area contributed by atoms with E-state index >= 15 is 0 Å². The molecular weight excluding hydrogens is 442 g/mol. The highest BCUT2D eigenvalue weighted by molar-refractivity contribution is 7.92. The van der Waals surface area contributed by atoms with E-state index < -0.39 is 27.9 Å². The molecule has 3 aromatic rings. The van der Waals surface area contributed by atoms with E-state index in [1.165, 1.54) is 13.2 Å². The van der Waals surface area contributed by atoms with Crippen LogP contribution in [-0.4, -0.2) is 32.5 Å². The fraction of sp³-hybridized carbons (Fsp3) is 0.250. The normalized spacial score (nSPS) is 12.1. The summed E-state index contributed by atoms with van der Waals surface area (Å²) in [6.07, 6.45) is 2.57. The van der Waals surface area contributed by atoms with Gasteiger partial charge < -0.3 is 15.1 Å². The molecule has 0 saturated heterocycles. The molecular formula is C24H27N3O5S. The van der Waals surface area contributed by atoms with Crippen LogP contribution in [0.25, 0.3) is 0 Å². The zero-order valence-corrected chi connectivity index (χ0v) is 19.8. The summed E-state index contributed by atoms with van der Waals surface area (Å²) in [5, 5.41) is 5.45. The average Bonchev–Trinajstić information content (AvgIpc) is 3.24. The zero-order chi connectivity index (χ0) is 24.2. The van der Waals surface area contributed by atoms with Crippen LogP contribution in [0.1, 0.15) is 34.2 Å². The summed E-state index contributed by atoms with van der Waals surface area (Å²) >= 11 is 0. The number of anilines is 2. The van der Waals surface area contributed by atoms with Gasteiger partial charge >= 0.3 is 0 Å². The molecule has 0 aliphatic heterocycles. The Balaban J connectivity index is 1.83. The van der Waals surface area contributed by atoms with Crippen molar-refractivity contribution in [1.82, 2.24) is 5.32 Å². The number of nitrogens with one attached hydrogen (secondary N) is 2. The second-order valence-electron chi connectivity index (χ2n) is 7.88. The summed E-state index contributed by atoms with van der Waals surface area (Å²) in [5.41, 5.74) is 2.69. The highest BCUT2D eigenvalue weighted by atomic mass is 32.2. The molecule has 0 radical (unpaired) electrons. The van der Waals surface area contributed by atoms with E-state index in [0.29, 0.717) is 11.4 Å². The van der Waals surface area contributed by atoms with Crippen molar-refractivity contribution in [2.24, 2.45) is 0 Å². The lowest BCUT2D eigenvalue weighted by Gasteiger charge is -2.29. The van der Waals surface area contributed by atoms with E-state index in [2.05, 4.69) is 10.6 Å². The van der Waals surface area contributed by atoms with Gasteiger partial charge in [-0.05, 0) is 68.3 Å². The first-order valence-electron chi connectivity index (χ1n) is 10.3. The van der Waals surface area contributed by atoms with E-state index in [-0.39, 0.29) is 17.8 Å². The van der Waals surface area contributed by atoms with Gasteiger partial charge in [-0.1, -0.05) is 18.2 Å². The Labute approximate surface area is 193 Å². The molecule has 1 heterocycles.